The molecule has 102 valence electrons. The first-order chi connectivity index (χ1) is 8.83. The molecule has 4 fully saturated rings. The van der Waals surface area contributed by atoms with Crippen LogP contribution >= 0.6 is 11.8 Å². The maximum Gasteiger partial charge on any atom is 0.0795 e. The minimum atomic E-state index is 0.248. The zero-order valence-corrected chi connectivity index (χ0v) is 12.0. The smallest absolute Gasteiger partial charge is 0.0795 e. The second-order valence-electron chi connectivity index (χ2n) is 6.97. The summed E-state index contributed by atoms with van der Waals surface area (Å²) in [4.78, 5) is 0. The number of ether oxygens (including phenoxy) is 1. The lowest BCUT2D eigenvalue weighted by Crippen LogP contribution is -2.50. The van der Waals surface area contributed by atoms with Crippen molar-refractivity contribution in [3.63, 3.8) is 0 Å². The molecule has 0 radical (unpaired) electrons. The first-order valence-corrected chi connectivity index (χ1v) is 8.96. The van der Waals surface area contributed by atoms with Gasteiger partial charge in [0.2, 0.25) is 0 Å². The molecule has 1 spiro atoms. The summed E-state index contributed by atoms with van der Waals surface area (Å²) in [5, 5.41) is 4.01. The van der Waals surface area contributed by atoms with Crippen molar-refractivity contribution in [2.75, 3.05) is 18.1 Å². The first-order valence-electron chi connectivity index (χ1n) is 7.81. The lowest BCUT2D eigenvalue weighted by molar-refractivity contribution is -0.0720. The average Bonchev–Trinajstić information content (AvgIpc) is 3.06. The summed E-state index contributed by atoms with van der Waals surface area (Å²) in [6.07, 6.45) is 9.77. The first kappa shape index (κ1) is 12.0. The van der Waals surface area contributed by atoms with E-state index < -0.39 is 0 Å². The molecular weight excluding hydrogens is 242 g/mol. The summed E-state index contributed by atoms with van der Waals surface area (Å²) >= 11 is 2.08. The van der Waals surface area contributed by atoms with Gasteiger partial charge in [0.05, 0.1) is 5.60 Å². The number of fused-ring (bicyclic) bond motifs is 2. The molecule has 5 unspecified atom stereocenters. The highest BCUT2D eigenvalue weighted by Gasteiger charge is 2.44. The number of thioether (sulfide) groups is 1. The standard InChI is InChI=1S/C15H25NOS/c1-2-12-7-11(1)8-14(12)16-13-3-5-17-15(9-13)4-6-18-10-15/h11-14,16H,1-10H2. The highest BCUT2D eigenvalue weighted by atomic mass is 32.2. The van der Waals surface area contributed by atoms with E-state index in [9.17, 15) is 0 Å². The van der Waals surface area contributed by atoms with Crippen molar-refractivity contribution < 1.29 is 4.74 Å². The van der Waals surface area contributed by atoms with Crippen LogP contribution in [-0.4, -0.2) is 35.8 Å². The molecule has 4 rings (SSSR count). The van der Waals surface area contributed by atoms with E-state index in [1.54, 1.807) is 0 Å². The van der Waals surface area contributed by atoms with Gasteiger partial charge in [0.15, 0.2) is 0 Å². The fraction of sp³-hybridized carbons (Fsp3) is 1.00. The lowest BCUT2D eigenvalue weighted by Gasteiger charge is -2.40. The second-order valence-corrected chi connectivity index (χ2v) is 8.08. The van der Waals surface area contributed by atoms with Crippen molar-refractivity contribution in [2.45, 2.75) is 62.6 Å². The van der Waals surface area contributed by atoms with E-state index in [0.717, 1.165) is 30.5 Å². The summed E-state index contributed by atoms with van der Waals surface area (Å²) in [5.41, 5.74) is 0.248. The van der Waals surface area contributed by atoms with E-state index in [1.807, 2.05) is 0 Å². The Bertz CT molecular complexity index is 316. The predicted molar refractivity (Wildman–Crippen MR) is 76.0 cm³/mol. The van der Waals surface area contributed by atoms with Crippen molar-refractivity contribution >= 4 is 11.8 Å². The Labute approximate surface area is 115 Å². The maximum absolute atomic E-state index is 6.12. The lowest BCUT2D eigenvalue weighted by atomic mass is 9.88. The fourth-order valence-electron chi connectivity index (χ4n) is 4.78. The summed E-state index contributed by atoms with van der Waals surface area (Å²) in [6, 6.07) is 1.58. The zero-order valence-electron chi connectivity index (χ0n) is 11.2. The molecule has 1 N–H and O–H groups in total. The largest absolute Gasteiger partial charge is 0.374 e. The summed E-state index contributed by atoms with van der Waals surface area (Å²) in [7, 11) is 0. The van der Waals surface area contributed by atoms with Crippen molar-refractivity contribution in [2.24, 2.45) is 11.8 Å². The Morgan fingerprint density at radius 2 is 2.17 bits per heavy atom. The van der Waals surface area contributed by atoms with Gasteiger partial charge in [-0.25, -0.2) is 0 Å². The molecule has 3 heteroatoms. The molecule has 2 heterocycles. The molecule has 4 aliphatic rings. The topological polar surface area (TPSA) is 21.3 Å². The highest BCUT2D eigenvalue weighted by molar-refractivity contribution is 7.99. The molecule has 0 aromatic carbocycles. The van der Waals surface area contributed by atoms with E-state index >= 15 is 0 Å². The molecule has 0 amide bonds. The number of hydrogen-bond acceptors (Lipinski definition) is 3. The minimum absolute atomic E-state index is 0.248. The quantitative estimate of drug-likeness (QED) is 0.831. The fourth-order valence-corrected chi connectivity index (χ4v) is 6.16. The van der Waals surface area contributed by atoms with Crippen molar-refractivity contribution in [1.82, 2.24) is 5.32 Å². The molecule has 2 bridgehead atoms. The number of nitrogens with one attached hydrogen (secondary N) is 1. The normalized spacial score (nSPS) is 51.3. The van der Waals surface area contributed by atoms with Crippen molar-refractivity contribution in [3.05, 3.63) is 0 Å². The van der Waals surface area contributed by atoms with Gasteiger partial charge in [-0.2, -0.15) is 11.8 Å². The van der Waals surface area contributed by atoms with Gasteiger partial charge >= 0.3 is 0 Å². The van der Waals surface area contributed by atoms with Gasteiger partial charge in [0.1, 0.15) is 0 Å². The Kier molecular flexibility index (Phi) is 3.13. The third kappa shape index (κ3) is 2.12. The van der Waals surface area contributed by atoms with Crippen LogP contribution in [0, 0.1) is 11.8 Å². The molecule has 2 saturated carbocycles. The van der Waals surface area contributed by atoms with Gasteiger partial charge < -0.3 is 10.1 Å². The predicted octanol–water partition coefficient (Wildman–Crippen LogP) is 2.82. The molecule has 18 heavy (non-hydrogen) atoms. The van der Waals surface area contributed by atoms with Crippen LogP contribution in [0.5, 0.6) is 0 Å². The van der Waals surface area contributed by atoms with Gasteiger partial charge in [-0.15, -0.1) is 0 Å². The van der Waals surface area contributed by atoms with Gasteiger partial charge in [0, 0.05) is 24.4 Å². The summed E-state index contributed by atoms with van der Waals surface area (Å²) in [6.45, 7) is 0.985. The van der Waals surface area contributed by atoms with Crippen LogP contribution in [0.3, 0.4) is 0 Å². The van der Waals surface area contributed by atoms with E-state index in [4.69, 9.17) is 4.74 Å². The highest BCUT2D eigenvalue weighted by Crippen LogP contribution is 2.45. The van der Waals surface area contributed by atoms with Gasteiger partial charge in [-0.3, -0.25) is 0 Å². The van der Waals surface area contributed by atoms with Gasteiger partial charge in [-0.1, -0.05) is 6.42 Å². The van der Waals surface area contributed by atoms with Crippen LogP contribution in [0.1, 0.15) is 44.9 Å². The minimum Gasteiger partial charge on any atom is -0.374 e. The molecule has 2 aliphatic carbocycles. The Morgan fingerprint density at radius 3 is 2.89 bits per heavy atom. The number of rotatable bonds is 2. The molecular formula is C15H25NOS. The average molecular weight is 267 g/mol. The van der Waals surface area contributed by atoms with Crippen LogP contribution in [0.2, 0.25) is 0 Å². The Balaban J connectivity index is 1.37. The monoisotopic (exact) mass is 267 g/mol. The third-order valence-corrected chi connectivity index (χ3v) is 6.97. The van der Waals surface area contributed by atoms with Crippen LogP contribution in [0.4, 0.5) is 0 Å². The second kappa shape index (κ2) is 4.68. The van der Waals surface area contributed by atoms with E-state index in [-0.39, 0.29) is 5.60 Å². The van der Waals surface area contributed by atoms with Gasteiger partial charge in [-0.05, 0) is 56.1 Å². The van der Waals surface area contributed by atoms with Crippen molar-refractivity contribution in [1.29, 1.82) is 0 Å². The third-order valence-electron chi connectivity index (χ3n) is 5.75. The van der Waals surface area contributed by atoms with Crippen LogP contribution < -0.4 is 5.32 Å². The summed E-state index contributed by atoms with van der Waals surface area (Å²) in [5.74, 6) is 4.61. The molecule has 0 aromatic heterocycles. The SMILES string of the molecule is C1CC(NC2CC3CCC2C3)CC2(CCSC2)O1. The molecule has 2 saturated heterocycles. The molecule has 0 aromatic rings. The van der Waals surface area contributed by atoms with E-state index in [2.05, 4.69) is 17.1 Å². The van der Waals surface area contributed by atoms with E-state index in [0.29, 0.717) is 0 Å². The van der Waals surface area contributed by atoms with Crippen LogP contribution in [0.15, 0.2) is 0 Å². The van der Waals surface area contributed by atoms with Crippen LogP contribution in [0.25, 0.3) is 0 Å². The van der Waals surface area contributed by atoms with Crippen LogP contribution in [-0.2, 0) is 4.74 Å². The maximum atomic E-state index is 6.12. The molecule has 2 nitrogen and oxygen atoms in total. The zero-order chi connectivity index (χ0) is 12.0. The van der Waals surface area contributed by atoms with Crippen molar-refractivity contribution in [3.8, 4) is 0 Å². The Morgan fingerprint density at radius 1 is 1.17 bits per heavy atom. The molecule has 2 aliphatic heterocycles. The number of hydrogen-bond donors (Lipinski definition) is 1. The van der Waals surface area contributed by atoms with E-state index in [1.165, 1.54) is 56.5 Å². The molecule has 5 atom stereocenters. The Hall–Kier alpha value is 0.270. The van der Waals surface area contributed by atoms with Gasteiger partial charge in [0.25, 0.3) is 0 Å². The summed E-state index contributed by atoms with van der Waals surface area (Å²) < 4.78 is 6.12.